The number of hydrogen-bond acceptors (Lipinski definition) is 3. The summed E-state index contributed by atoms with van der Waals surface area (Å²) in [4.78, 5) is 0. The van der Waals surface area contributed by atoms with Gasteiger partial charge in [-0.15, -0.1) is 0 Å². The molecule has 0 saturated carbocycles. The molecule has 1 aromatic rings. The molecule has 1 saturated heterocycles. The summed E-state index contributed by atoms with van der Waals surface area (Å²) in [5.74, 6) is 0.246. The van der Waals surface area contributed by atoms with Crippen LogP contribution in [0.3, 0.4) is 0 Å². The number of hydrogen-bond donors (Lipinski definition) is 1. The molecule has 3 heteroatoms. The molecular weight excluding hydrogens is 204 g/mol. The number of phenols is 1. The zero-order valence-electron chi connectivity index (χ0n) is 9.72. The minimum absolute atomic E-state index is 0.200. The molecule has 1 aliphatic rings. The van der Waals surface area contributed by atoms with Crippen molar-refractivity contribution >= 4 is 0 Å². The largest absolute Gasteiger partial charge is 0.508 e. The van der Waals surface area contributed by atoms with Crippen LogP contribution in [-0.2, 0) is 9.47 Å². The number of rotatable bonds is 2. The van der Waals surface area contributed by atoms with E-state index in [2.05, 4.69) is 13.8 Å². The van der Waals surface area contributed by atoms with E-state index in [1.807, 2.05) is 6.07 Å². The van der Waals surface area contributed by atoms with Gasteiger partial charge in [-0.2, -0.15) is 0 Å². The van der Waals surface area contributed by atoms with Gasteiger partial charge >= 0.3 is 0 Å². The smallest absolute Gasteiger partial charge is 0.184 e. The molecular formula is C13H18O3. The van der Waals surface area contributed by atoms with Crippen LogP contribution in [0.15, 0.2) is 24.3 Å². The monoisotopic (exact) mass is 222 g/mol. The summed E-state index contributed by atoms with van der Waals surface area (Å²) in [6, 6.07) is 7.05. The highest BCUT2D eigenvalue weighted by Crippen LogP contribution is 2.31. The summed E-state index contributed by atoms with van der Waals surface area (Å²) in [6.07, 6.45) is 2.03. The summed E-state index contributed by atoms with van der Waals surface area (Å²) in [6.45, 7) is 4.17. The minimum atomic E-state index is -0.346. The molecule has 3 atom stereocenters. The molecule has 0 aromatic heterocycles. The van der Waals surface area contributed by atoms with Crippen molar-refractivity contribution in [1.82, 2.24) is 0 Å². The van der Waals surface area contributed by atoms with Crippen molar-refractivity contribution in [3.63, 3.8) is 0 Å². The van der Waals surface area contributed by atoms with Gasteiger partial charge in [-0.25, -0.2) is 0 Å². The van der Waals surface area contributed by atoms with Crippen LogP contribution in [-0.4, -0.2) is 17.3 Å². The normalized spacial score (nSPS) is 30.2. The predicted molar refractivity (Wildman–Crippen MR) is 61.2 cm³/mol. The van der Waals surface area contributed by atoms with Crippen molar-refractivity contribution in [2.45, 2.75) is 45.2 Å². The Bertz CT molecular complexity index is 351. The van der Waals surface area contributed by atoms with Crippen LogP contribution in [0.4, 0.5) is 0 Å². The molecule has 3 nitrogen and oxygen atoms in total. The number of benzene rings is 1. The van der Waals surface area contributed by atoms with Crippen molar-refractivity contribution in [3.8, 4) is 5.75 Å². The van der Waals surface area contributed by atoms with Crippen molar-refractivity contribution in [1.29, 1.82) is 0 Å². The van der Waals surface area contributed by atoms with Crippen LogP contribution in [0.25, 0.3) is 0 Å². The summed E-state index contributed by atoms with van der Waals surface area (Å²) in [5.41, 5.74) is 0.880. The van der Waals surface area contributed by atoms with E-state index in [9.17, 15) is 5.11 Å². The Morgan fingerprint density at radius 3 is 2.88 bits per heavy atom. The molecule has 1 N–H and O–H groups in total. The lowest BCUT2D eigenvalue weighted by Gasteiger charge is -2.34. The van der Waals surface area contributed by atoms with Gasteiger partial charge < -0.3 is 14.6 Å². The molecule has 0 amide bonds. The molecule has 2 rings (SSSR count). The lowest BCUT2D eigenvalue weighted by molar-refractivity contribution is -0.243. The van der Waals surface area contributed by atoms with Gasteiger partial charge in [0.05, 0.1) is 12.2 Å². The molecule has 1 aliphatic heterocycles. The Morgan fingerprint density at radius 1 is 1.38 bits per heavy atom. The highest BCUT2D eigenvalue weighted by Gasteiger charge is 2.27. The third-order valence-corrected chi connectivity index (χ3v) is 2.86. The van der Waals surface area contributed by atoms with E-state index in [0.29, 0.717) is 0 Å². The topological polar surface area (TPSA) is 38.7 Å². The Kier molecular flexibility index (Phi) is 3.46. The highest BCUT2D eigenvalue weighted by atomic mass is 16.7. The molecule has 1 heterocycles. The number of ether oxygens (including phenoxy) is 2. The lowest BCUT2D eigenvalue weighted by atomic mass is 10.1. The quantitative estimate of drug-likeness (QED) is 0.836. The minimum Gasteiger partial charge on any atom is -0.508 e. The van der Waals surface area contributed by atoms with Crippen LogP contribution in [0.1, 0.15) is 38.5 Å². The fourth-order valence-electron chi connectivity index (χ4n) is 1.99. The first-order chi connectivity index (χ1) is 7.69. The highest BCUT2D eigenvalue weighted by molar-refractivity contribution is 5.28. The summed E-state index contributed by atoms with van der Waals surface area (Å²) < 4.78 is 11.5. The van der Waals surface area contributed by atoms with Crippen LogP contribution < -0.4 is 0 Å². The first-order valence-electron chi connectivity index (χ1n) is 5.79. The van der Waals surface area contributed by atoms with Crippen molar-refractivity contribution in [2.24, 2.45) is 0 Å². The number of aromatic hydroxyl groups is 1. The van der Waals surface area contributed by atoms with E-state index in [-0.39, 0.29) is 24.2 Å². The summed E-state index contributed by atoms with van der Waals surface area (Å²) in [7, 11) is 0. The SMILES string of the molecule is CCC1CC(C)OC(c2cccc(O)c2)O1. The molecule has 1 aromatic carbocycles. The maximum atomic E-state index is 9.42. The van der Waals surface area contributed by atoms with E-state index in [4.69, 9.17) is 9.47 Å². The Hall–Kier alpha value is -1.06. The Labute approximate surface area is 96.0 Å². The molecule has 0 spiro atoms. The maximum absolute atomic E-state index is 9.42. The Balaban J connectivity index is 2.14. The van der Waals surface area contributed by atoms with Gasteiger partial charge in [-0.3, -0.25) is 0 Å². The standard InChI is InChI=1S/C13H18O3/c1-3-12-7-9(2)15-13(16-12)10-5-4-6-11(14)8-10/h4-6,8-9,12-14H,3,7H2,1-2H3. The van der Waals surface area contributed by atoms with Crippen LogP contribution in [0.5, 0.6) is 5.75 Å². The van der Waals surface area contributed by atoms with Gasteiger partial charge in [0.25, 0.3) is 0 Å². The van der Waals surface area contributed by atoms with Crippen molar-refractivity contribution in [2.75, 3.05) is 0 Å². The maximum Gasteiger partial charge on any atom is 0.184 e. The molecule has 3 unspecified atom stereocenters. The number of phenolic OH excluding ortho intramolecular Hbond substituents is 1. The second-order valence-electron chi connectivity index (χ2n) is 4.28. The predicted octanol–water partition coefficient (Wildman–Crippen LogP) is 2.99. The fourth-order valence-corrected chi connectivity index (χ4v) is 1.99. The third-order valence-electron chi connectivity index (χ3n) is 2.86. The van der Waals surface area contributed by atoms with Gasteiger partial charge in [0.2, 0.25) is 0 Å². The van der Waals surface area contributed by atoms with Crippen LogP contribution in [0, 0.1) is 0 Å². The third kappa shape index (κ3) is 2.54. The van der Waals surface area contributed by atoms with Gasteiger partial charge in [-0.05, 0) is 31.9 Å². The van der Waals surface area contributed by atoms with Crippen molar-refractivity contribution in [3.05, 3.63) is 29.8 Å². The van der Waals surface area contributed by atoms with Crippen LogP contribution >= 0.6 is 0 Å². The van der Waals surface area contributed by atoms with E-state index < -0.39 is 0 Å². The Morgan fingerprint density at radius 2 is 2.19 bits per heavy atom. The summed E-state index contributed by atoms with van der Waals surface area (Å²) >= 11 is 0. The average molecular weight is 222 g/mol. The van der Waals surface area contributed by atoms with Gasteiger partial charge in [0, 0.05) is 5.56 Å². The first kappa shape index (κ1) is 11.4. The van der Waals surface area contributed by atoms with Gasteiger partial charge in [0.1, 0.15) is 5.75 Å². The molecule has 0 bridgehead atoms. The van der Waals surface area contributed by atoms with E-state index in [0.717, 1.165) is 18.4 Å². The molecule has 0 aliphatic carbocycles. The van der Waals surface area contributed by atoms with E-state index in [1.54, 1.807) is 18.2 Å². The van der Waals surface area contributed by atoms with Crippen molar-refractivity contribution < 1.29 is 14.6 Å². The second kappa shape index (κ2) is 4.85. The van der Waals surface area contributed by atoms with E-state index in [1.165, 1.54) is 0 Å². The molecule has 88 valence electrons. The zero-order chi connectivity index (χ0) is 11.5. The van der Waals surface area contributed by atoms with Gasteiger partial charge in [-0.1, -0.05) is 19.1 Å². The molecule has 16 heavy (non-hydrogen) atoms. The lowest BCUT2D eigenvalue weighted by Crippen LogP contribution is -2.31. The summed E-state index contributed by atoms with van der Waals surface area (Å²) in [5, 5.41) is 9.42. The molecule has 1 fully saturated rings. The first-order valence-corrected chi connectivity index (χ1v) is 5.79. The van der Waals surface area contributed by atoms with E-state index >= 15 is 0 Å². The van der Waals surface area contributed by atoms with Gasteiger partial charge in [0.15, 0.2) is 6.29 Å². The fraction of sp³-hybridized carbons (Fsp3) is 0.538. The zero-order valence-corrected chi connectivity index (χ0v) is 9.72. The van der Waals surface area contributed by atoms with Crippen LogP contribution in [0.2, 0.25) is 0 Å². The second-order valence-corrected chi connectivity index (χ2v) is 4.28. The average Bonchev–Trinajstić information content (AvgIpc) is 2.28. The molecule has 0 radical (unpaired) electrons.